The van der Waals surface area contributed by atoms with E-state index < -0.39 is 24.5 Å². The molecule has 0 aliphatic carbocycles. The molecule has 0 heterocycles. The molecule has 21 heavy (non-hydrogen) atoms. The maximum absolute atomic E-state index is 12.4. The fourth-order valence-corrected chi connectivity index (χ4v) is 1.63. The highest BCUT2D eigenvalue weighted by atomic mass is 16.5. The Kier molecular flexibility index (Phi) is 9.11. The molecule has 0 radical (unpaired) electrons. The van der Waals surface area contributed by atoms with Gasteiger partial charge in [0, 0.05) is 26.2 Å². The summed E-state index contributed by atoms with van der Waals surface area (Å²) < 4.78 is 9.47. The van der Waals surface area contributed by atoms with E-state index in [1.807, 2.05) is 0 Å². The van der Waals surface area contributed by atoms with E-state index >= 15 is 0 Å². The maximum atomic E-state index is 12.4. The lowest BCUT2D eigenvalue weighted by atomic mass is 10.3. The average Bonchev–Trinajstić information content (AvgIpc) is 2.43. The minimum absolute atomic E-state index is 0.0466. The second kappa shape index (κ2) is 9.98. The number of carboxylic acid groups (broad SMARTS) is 1. The van der Waals surface area contributed by atoms with Gasteiger partial charge in [-0.2, -0.15) is 0 Å². The second-order valence-electron chi connectivity index (χ2n) is 4.70. The fraction of sp³-hybridized carbons (Fsp3) is 0.769. The number of carboxylic acids is 1. The third kappa shape index (κ3) is 7.50. The SMILES string of the molecule is COCCN(CCC(=O)OC)C(=O)N(CC(=O)O)C(C)C. The van der Waals surface area contributed by atoms with E-state index in [1.54, 1.807) is 13.8 Å². The third-order valence-electron chi connectivity index (χ3n) is 2.82. The van der Waals surface area contributed by atoms with E-state index in [4.69, 9.17) is 9.84 Å². The summed E-state index contributed by atoms with van der Waals surface area (Å²) >= 11 is 0. The van der Waals surface area contributed by atoms with Crippen molar-refractivity contribution in [3.05, 3.63) is 0 Å². The molecule has 0 saturated carbocycles. The molecule has 2 amide bonds. The van der Waals surface area contributed by atoms with Crippen LogP contribution in [0, 0.1) is 0 Å². The minimum Gasteiger partial charge on any atom is -0.480 e. The summed E-state index contributed by atoms with van der Waals surface area (Å²) in [6.07, 6.45) is 0.0466. The van der Waals surface area contributed by atoms with Crippen molar-refractivity contribution >= 4 is 18.0 Å². The highest BCUT2D eigenvalue weighted by Gasteiger charge is 2.25. The first-order chi connectivity index (χ1) is 9.83. The van der Waals surface area contributed by atoms with Gasteiger partial charge in [-0.15, -0.1) is 0 Å². The van der Waals surface area contributed by atoms with Crippen LogP contribution in [0.4, 0.5) is 4.79 Å². The molecular formula is C13H24N2O6. The Morgan fingerprint density at radius 3 is 2.19 bits per heavy atom. The zero-order valence-electron chi connectivity index (χ0n) is 13.0. The van der Waals surface area contributed by atoms with Crippen LogP contribution >= 0.6 is 0 Å². The predicted molar refractivity (Wildman–Crippen MR) is 75.0 cm³/mol. The van der Waals surface area contributed by atoms with Crippen molar-refractivity contribution in [2.24, 2.45) is 0 Å². The molecule has 0 aromatic heterocycles. The summed E-state index contributed by atoms with van der Waals surface area (Å²) in [7, 11) is 2.77. The molecule has 0 rings (SSSR count). The number of urea groups is 1. The van der Waals surface area contributed by atoms with Gasteiger partial charge in [0.15, 0.2) is 0 Å². The van der Waals surface area contributed by atoms with Crippen LogP contribution in [-0.4, -0.2) is 79.4 Å². The van der Waals surface area contributed by atoms with Gasteiger partial charge >= 0.3 is 18.0 Å². The number of aliphatic carboxylic acids is 1. The molecule has 122 valence electrons. The van der Waals surface area contributed by atoms with E-state index in [1.165, 1.54) is 24.0 Å². The fourth-order valence-electron chi connectivity index (χ4n) is 1.63. The van der Waals surface area contributed by atoms with Crippen LogP contribution in [0.1, 0.15) is 20.3 Å². The lowest BCUT2D eigenvalue weighted by Crippen LogP contribution is -2.49. The molecular weight excluding hydrogens is 280 g/mol. The Morgan fingerprint density at radius 1 is 1.14 bits per heavy atom. The third-order valence-corrected chi connectivity index (χ3v) is 2.82. The molecule has 0 aromatic carbocycles. The number of rotatable bonds is 9. The second-order valence-corrected chi connectivity index (χ2v) is 4.70. The van der Waals surface area contributed by atoms with Crippen LogP contribution in [0.25, 0.3) is 0 Å². The highest BCUT2D eigenvalue weighted by Crippen LogP contribution is 2.06. The maximum Gasteiger partial charge on any atom is 0.323 e. The van der Waals surface area contributed by atoms with E-state index in [0.717, 1.165) is 0 Å². The van der Waals surface area contributed by atoms with Gasteiger partial charge in [0.25, 0.3) is 0 Å². The van der Waals surface area contributed by atoms with Gasteiger partial charge < -0.3 is 24.4 Å². The Hall–Kier alpha value is -1.83. The van der Waals surface area contributed by atoms with E-state index in [9.17, 15) is 14.4 Å². The van der Waals surface area contributed by atoms with E-state index in [2.05, 4.69) is 4.74 Å². The van der Waals surface area contributed by atoms with Crippen LogP contribution < -0.4 is 0 Å². The van der Waals surface area contributed by atoms with Gasteiger partial charge in [-0.25, -0.2) is 4.79 Å². The van der Waals surface area contributed by atoms with Gasteiger partial charge in [0.2, 0.25) is 0 Å². The summed E-state index contributed by atoms with van der Waals surface area (Å²) in [5, 5.41) is 8.88. The number of carbonyl (C=O) groups is 3. The Labute approximate surface area is 124 Å². The van der Waals surface area contributed by atoms with Crippen LogP contribution in [-0.2, 0) is 19.1 Å². The number of hydrogen-bond acceptors (Lipinski definition) is 5. The van der Waals surface area contributed by atoms with E-state index in [0.29, 0.717) is 6.61 Å². The van der Waals surface area contributed by atoms with Crippen molar-refractivity contribution in [2.45, 2.75) is 26.3 Å². The molecule has 0 atom stereocenters. The van der Waals surface area contributed by atoms with Crippen molar-refractivity contribution in [3.8, 4) is 0 Å². The normalized spacial score (nSPS) is 10.3. The summed E-state index contributed by atoms with van der Waals surface area (Å²) in [6, 6.07) is -0.704. The average molecular weight is 304 g/mol. The molecule has 0 saturated heterocycles. The van der Waals surface area contributed by atoms with Crippen molar-refractivity contribution in [3.63, 3.8) is 0 Å². The number of nitrogens with zero attached hydrogens (tertiary/aromatic N) is 2. The van der Waals surface area contributed by atoms with Crippen LogP contribution in [0.2, 0.25) is 0 Å². The topological polar surface area (TPSA) is 96.4 Å². The van der Waals surface area contributed by atoms with Crippen LogP contribution in [0.3, 0.4) is 0 Å². The largest absolute Gasteiger partial charge is 0.480 e. The first-order valence-corrected chi connectivity index (χ1v) is 6.66. The van der Waals surface area contributed by atoms with Crippen LogP contribution in [0.15, 0.2) is 0 Å². The zero-order chi connectivity index (χ0) is 16.4. The number of esters is 1. The minimum atomic E-state index is -1.09. The number of methoxy groups -OCH3 is 2. The molecule has 8 heteroatoms. The van der Waals surface area contributed by atoms with Gasteiger partial charge in [-0.1, -0.05) is 0 Å². The standard InChI is InChI=1S/C13H24N2O6/c1-10(2)15(9-11(16)17)13(19)14(7-8-20-3)6-5-12(18)21-4/h10H,5-9H2,1-4H3,(H,16,17). The predicted octanol–water partition coefficient (Wildman–Crippen LogP) is 0.413. The summed E-state index contributed by atoms with van der Waals surface area (Å²) in [5.41, 5.74) is 0. The van der Waals surface area contributed by atoms with Crippen molar-refractivity contribution in [1.82, 2.24) is 9.80 Å². The molecule has 0 aliphatic heterocycles. The highest BCUT2D eigenvalue weighted by molar-refractivity contribution is 5.81. The van der Waals surface area contributed by atoms with Crippen molar-refractivity contribution in [2.75, 3.05) is 40.5 Å². The first kappa shape index (κ1) is 19.2. The summed E-state index contributed by atoms with van der Waals surface area (Å²) in [6.45, 7) is 3.79. The quantitative estimate of drug-likeness (QED) is 0.620. The molecule has 0 fully saturated rings. The molecule has 0 aromatic rings. The molecule has 1 N–H and O–H groups in total. The van der Waals surface area contributed by atoms with E-state index in [-0.39, 0.29) is 25.6 Å². The van der Waals surface area contributed by atoms with Gasteiger partial charge in [-0.05, 0) is 13.8 Å². The summed E-state index contributed by atoms with van der Waals surface area (Å²) in [5.74, 6) is -1.52. The number of hydrogen-bond donors (Lipinski definition) is 1. The molecule has 0 spiro atoms. The van der Waals surface area contributed by atoms with Gasteiger partial charge in [0.1, 0.15) is 6.54 Å². The molecule has 8 nitrogen and oxygen atoms in total. The lowest BCUT2D eigenvalue weighted by molar-refractivity contribution is -0.141. The van der Waals surface area contributed by atoms with Crippen molar-refractivity contribution < 1.29 is 29.0 Å². The summed E-state index contributed by atoms with van der Waals surface area (Å²) in [4.78, 5) is 37.1. The number of carbonyl (C=O) groups excluding carboxylic acids is 2. The first-order valence-electron chi connectivity index (χ1n) is 6.66. The zero-order valence-corrected chi connectivity index (χ0v) is 13.0. The molecule has 0 bridgehead atoms. The Balaban J connectivity index is 4.86. The van der Waals surface area contributed by atoms with Crippen molar-refractivity contribution in [1.29, 1.82) is 0 Å². The van der Waals surface area contributed by atoms with Crippen LogP contribution in [0.5, 0.6) is 0 Å². The number of amides is 2. The number of ether oxygens (including phenoxy) is 2. The Bertz CT molecular complexity index is 359. The molecule has 0 aliphatic rings. The van der Waals surface area contributed by atoms with Gasteiger partial charge in [-0.3, -0.25) is 9.59 Å². The monoisotopic (exact) mass is 304 g/mol. The Morgan fingerprint density at radius 2 is 1.76 bits per heavy atom. The lowest BCUT2D eigenvalue weighted by Gasteiger charge is -2.32. The smallest absolute Gasteiger partial charge is 0.323 e. The van der Waals surface area contributed by atoms with Gasteiger partial charge in [0.05, 0.1) is 20.1 Å². The molecule has 0 unspecified atom stereocenters.